The summed E-state index contributed by atoms with van der Waals surface area (Å²) in [4.78, 5) is 59.3. The highest BCUT2D eigenvalue weighted by molar-refractivity contribution is 5.96. The van der Waals surface area contributed by atoms with E-state index in [1.54, 1.807) is 56.5 Å². The van der Waals surface area contributed by atoms with Crippen LogP contribution >= 0.6 is 0 Å². The monoisotopic (exact) mass is 564 g/mol. The van der Waals surface area contributed by atoms with E-state index in [-0.39, 0.29) is 23.8 Å². The van der Waals surface area contributed by atoms with E-state index in [4.69, 9.17) is 14.5 Å². The standard InChI is InChI=1S/C29H36N6O6/c1-7-8-15-34-23-24(31-26(34)33-14-10-12-20(17-33)30-27(38)41-29(2,3)4)32(5)28(39)35(25(23)37)18-22(36)19-11-9-13-21(16-19)40-6/h9,11,13,16,20H,10,12,14-15,17-18H2,1-6H3,(H,30,38). The zero-order chi connectivity index (χ0) is 29.9. The number of benzene rings is 1. The minimum absolute atomic E-state index is 0.153. The van der Waals surface area contributed by atoms with Crippen LogP contribution in [0.2, 0.25) is 0 Å². The molecule has 1 atom stereocenters. The number of amides is 1. The van der Waals surface area contributed by atoms with Gasteiger partial charge in [0.2, 0.25) is 5.95 Å². The predicted octanol–water partition coefficient (Wildman–Crippen LogP) is 2.30. The van der Waals surface area contributed by atoms with Crippen molar-refractivity contribution in [3.63, 3.8) is 0 Å². The summed E-state index contributed by atoms with van der Waals surface area (Å²) in [5.74, 6) is 6.39. The number of aryl methyl sites for hydroxylation is 1. The van der Waals surface area contributed by atoms with Crippen molar-refractivity contribution in [1.82, 2.24) is 24.0 Å². The molecule has 1 aromatic carbocycles. The molecule has 218 valence electrons. The number of piperidine rings is 1. The number of nitrogens with one attached hydrogen (secondary N) is 1. The first-order chi connectivity index (χ1) is 19.4. The van der Waals surface area contributed by atoms with Gasteiger partial charge in [0, 0.05) is 31.7 Å². The van der Waals surface area contributed by atoms with E-state index in [2.05, 4.69) is 17.2 Å². The molecule has 12 nitrogen and oxygen atoms in total. The van der Waals surface area contributed by atoms with Crippen LogP contribution in [0.15, 0.2) is 33.9 Å². The van der Waals surface area contributed by atoms with Crippen molar-refractivity contribution < 1.29 is 19.1 Å². The average Bonchev–Trinajstić information content (AvgIpc) is 3.31. The van der Waals surface area contributed by atoms with Crippen LogP contribution in [0.25, 0.3) is 11.2 Å². The second kappa shape index (κ2) is 11.9. The van der Waals surface area contributed by atoms with Crippen LogP contribution in [-0.4, -0.2) is 62.4 Å². The van der Waals surface area contributed by atoms with Crippen LogP contribution < -0.4 is 26.2 Å². The van der Waals surface area contributed by atoms with Crippen LogP contribution in [0, 0.1) is 11.8 Å². The third kappa shape index (κ3) is 6.45. The largest absolute Gasteiger partial charge is 0.497 e. The van der Waals surface area contributed by atoms with Crippen LogP contribution in [0.3, 0.4) is 0 Å². The number of anilines is 1. The molecule has 0 radical (unpaired) electrons. The Balaban J connectivity index is 1.73. The Bertz CT molecular complexity index is 1650. The van der Waals surface area contributed by atoms with Crippen molar-refractivity contribution >= 4 is 29.0 Å². The smallest absolute Gasteiger partial charge is 0.407 e. The number of imidazole rings is 1. The number of ketones is 1. The number of alkyl carbamates (subject to hydrolysis) is 1. The topological polar surface area (TPSA) is 130 Å². The summed E-state index contributed by atoms with van der Waals surface area (Å²) >= 11 is 0. The van der Waals surface area contributed by atoms with Crippen molar-refractivity contribution in [2.75, 3.05) is 25.1 Å². The molecule has 1 saturated heterocycles. The van der Waals surface area contributed by atoms with Gasteiger partial charge in [0.05, 0.1) is 20.2 Å². The van der Waals surface area contributed by atoms with Crippen molar-refractivity contribution in [3.05, 3.63) is 50.7 Å². The van der Waals surface area contributed by atoms with Gasteiger partial charge >= 0.3 is 11.8 Å². The molecule has 3 heterocycles. The van der Waals surface area contributed by atoms with Gasteiger partial charge in [0.25, 0.3) is 5.56 Å². The number of nitrogens with zero attached hydrogens (tertiary/aromatic N) is 5. The minimum Gasteiger partial charge on any atom is -0.497 e. The zero-order valence-corrected chi connectivity index (χ0v) is 24.3. The number of carbonyl (C=O) groups is 2. The number of ether oxygens (including phenoxy) is 2. The lowest BCUT2D eigenvalue weighted by Crippen LogP contribution is -2.49. The first kappa shape index (κ1) is 29.5. The molecule has 0 saturated carbocycles. The van der Waals surface area contributed by atoms with Crippen LogP contribution in [0.4, 0.5) is 10.7 Å². The Labute approximate surface area is 237 Å². The highest BCUT2D eigenvalue weighted by Gasteiger charge is 2.29. The molecule has 1 aliphatic heterocycles. The Hall–Kier alpha value is -4.53. The van der Waals surface area contributed by atoms with Crippen LogP contribution in [0.1, 0.15) is 50.9 Å². The molecule has 0 spiro atoms. The average molecular weight is 565 g/mol. The lowest BCUT2D eigenvalue weighted by Gasteiger charge is -2.34. The van der Waals surface area contributed by atoms with Gasteiger partial charge in [-0.3, -0.25) is 23.3 Å². The lowest BCUT2D eigenvalue weighted by molar-refractivity contribution is 0.0499. The summed E-state index contributed by atoms with van der Waals surface area (Å²) in [6.07, 6.45) is 1.02. The molecule has 1 amide bonds. The molecule has 2 aromatic heterocycles. The van der Waals surface area contributed by atoms with E-state index >= 15 is 0 Å². The van der Waals surface area contributed by atoms with Gasteiger partial charge in [-0.05, 0) is 52.7 Å². The number of hydrogen-bond donors (Lipinski definition) is 1. The molecule has 1 aliphatic rings. The minimum atomic E-state index is -0.653. The Morgan fingerprint density at radius 2 is 1.95 bits per heavy atom. The molecule has 0 bridgehead atoms. The molecule has 12 heteroatoms. The molecular weight excluding hydrogens is 528 g/mol. The molecule has 3 aromatic rings. The molecule has 1 unspecified atom stereocenters. The maximum Gasteiger partial charge on any atom is 0.407 e. The normalized spacial score (nSPS) is 15.3. The fourth-order valence-corrected chi connectivity index (χ4v) is 4.83. The first-order valence-corrected chi connectivity index (χ1v) is 13.4. The maximum atomic E-state index is 13.8. The number of aromatic nitrogens is 4. The highest BCUT2D eigenvalue weighted by atomic mass is 16.6. The fraction of sp³-hybridized carbons (Fsp3) is 0.483. The van der Waals surface area contributed by atoms with E-state index in [1.165, 1.54) is 18.7 Å². The quantitative estimate of drug-likeness (QED) is 0.342. The van der Waals surface area contributed by atoms with Gasteiger partial charge in [-0.25, -0.2) is 9.59 Å². The number of fused-ring (bicyclic) bond motifs is 1. The van der Waals surface area contributed by atoms with Crippen molar-refractivity contribution in [2.45, 2.75) is 65.3 Å². The second-order valence-electron chi connectivity index (χ2n) is 10.9. The van der Waals surface area contributed by atoms with Gasteiger partial charge in [-0.1, -0.05) is 18.1 Å². The number of carbonyl (C=O) groups excluding carboxylic acids is 2. The Morgan fingerprint density at radius 3 is 2.63 bits per heavy atom. The molecule has 1 N–H and O–H groups in total. The molecular formula is C29H36N6O6. The van der Waals surface area contributed by atoms with Gasteiger partial charge in [0.15, 0.2) is 16.9 Å². The van der Waals surface area contributed by atoms with Crippen molar-refractivity contribution in [3.8, 4) is 17.6 Å². The van der Waals surface area contributed by atoms with Gasteiger partial charge in [0.1, 0.15) is 11.4 Å². The van der Waals surface area contributed by atoms with E-state index in [0.717, 1.165) is 17.4 Å². The maximum absolute atomic E-state index is 13.8. The first-order valence-electron chi connectivity index (χ1n) is 13.4. The van der Waals surface area contributed by atoms with E-state index < -0.39 is 35.3 Å². The molecule has 4 rings (SSSR count). The van der Waals surface area contributed by atoms with Crippen molar-refractivity contribution in [2.24, 2.45) is 7.05 Å². The van der Waals surface area contributed by atoms with Gasteiger partial charge < -0.3 is 19.7 Å². The van der Waals surface area contributed by atoms with Crippen LogP contribution in [0.5, 0.6) is 5.75 Å². The van der Waals surface area contributed by atoms with Crippen LogP contribution in [-0.2, 0) is 24.9 Å². The summed E-state index contributed by atoms with van der Waals surface area (Å²) in [5, 5.41) is 2.92. The Morgan fingerprint density at radius 1 is 1.20 bits per heavy atom. The number of Topliss-reactive ketones (excluding diaryl/α,β-unsaturated/α-hetero) is 1. The van der Waals surface area contributed by atoms with Crippen molar-refractivity contribution in [1.29, 1.82) is 0 Å². The highest BCUT2D eigenvalue weighted by Crippen LogP contribution is 2.24. The second-order valence-corrected chi connectivity index (χ2v) is 10.9. The Kier molecular flexibility index (Phi) is 8.56. The summed E-state index contributed by atoms with van der Waals surface area (Å²) in [6, 6.07) is 6.34. The summed E-state index contributed by atoms with van der Waals surface area (Å²) in [5.41, 5.74) is -1.22. The van der Waals surface area contributed by atoms with Gasteiger partial charge in [-0.2, -0.15) is 4.98 Å². The van der Waals surface area contributed by atoms with E-state index in [9.17, 15) is 19.2 Å². The summed E-state index contributed by atoms with van der Waals surface area (Å²) in [7, 11) is 3.01. The third-order valence-corrected chi connectivity index (χ3v) is 6.74. The third-order valence-electron chi connectivity index (χ3n) is 6.74. The fourth-order valence-electron chi connectivity index (χ4n) is 4.83. The molecule has 0 aliphatic carbocycles. The van der Waals surface area contributed by atoms with E-state index in [0.29, 0.717) is 30.4 Å². The predicted molar refractivity (Wildman–Crippen MR) is 155 cm³/mol. The SMILES string of the molecule is CC#CCn1c(N2CCCC(NC(=O)OC(C)(C)C)C2)nc2c1c(=O)n(CC(=O)c1cccc(OC)c1)c(=O)n2C. The molecule has 41 heavy (non-hydrogen) atoms. The summed E-state index contributed by atoms with van der Waals surface area (Å²) < 4.78 is 14.5. The number of rotatable bonds is 7. The zero-order valence-electron chi connectivity index (χ0n) is 24.3. The number of methoxy groups -OCH3 is 1. The lowest BCUT2D eigenvalue weighted by atomic mass is 10.1. The summed E-state index contributed by atoms with van der Waals surface area (Å²) in [6.45, 7) is 7.88. The van der Waals surface area contributed by atoms with Gasteiger partial charge in [-0.15, -0.1) is 5.92 Å². The number of hydrogen-bond acceptors (Lipinski definition) is 8. The molecule has 1 fully saturated rings. The van der Waals surface area contributed by atoms with E-state index in [1.807, 2.05) is 4.90 Å².